The molecule has 0 unspecified atom stereocenters. The van der Waals surface area contributed by atoms with Gasteiger partial charge in [-0.2, -0.15) is 0 Å². The molecular formula is C16H19FN4O. The van der Waals surface area contributed by atoms with Crippen molar-refractivity contribution in [1.82, 2.24) is 15.3 Å². The lowest BCUT2D eigenvalue weighted by Crippen LogP contribution is -2.31. The number of aryl methyl sites for hydroxylation is 1. The monoisotopic (exact) mass is 302 g/mol. The van der Waals surface area contributed by atoms with Crippen LogP contribution in [-0.4, -0.2) is 21.9 Å². The predicted molar refractivity (Wildman–Crippen MR) is 83.1 cm³/mol. The number of rotatable bonds is 5. The van der Waals surface area contributed by atoms with Crippen molar-refractivity contribution in [1.29, 1.82) is 0 Å². The number of nitrogens with one attached hydrogen (secondary N) is 2. The van der Waals surface area contributed by atoms with E-state index in [-0.39, 0.29) is 30.0 Å². The number of aromatic nitrogens is 2. The highest BCUT2D eigenvalue weighted by Crippen LogP contribution is 2.11. The first kappa shape index (κ1) is 15.9. The van der Waals surface area contributed by atoms with E-state index in [1.807, 2.05) is 13.8 Å². The minimum Gasteiger partial charge on any atom is -0.366 e. The zero-order valence-corrected chi connectivity index (χ0v) is 12.9. The van der Waals surface area contributed by atoms with Crippen LogP contribution in [0.15, 0.2) is 30.3 Å². The van der Waals surface area contributed by atoms with E-state index in [1.165, 1.54) is 6.07 Å². The number of nitrogens with zero attached hydrogens (tertiary/aromatic N) is 2. The number of hydrogen-bond acceptors (Lipinski definition) is 4. The van der Waals surface area contributed by atoms with E-state index in [1.54, 1.807) is 31.2 Å². The third kappa shape index (κ3) is 4.25. The third-order valence-corrected chi connectivity index (χ3v) is 2.91. The van der Waals surface area contributed by atoms with Crippen LogP contribution in [0.3, 0.4) is 0 Å². The molecule has 116 valence electrons. The van der Waals surface area contributed by atoms with Crippen LogP contribution in [0.25, 0.3) is 0 Å². The highest BCUT2D eigenvalue weighted by Gasteiger charge is 2.11. The van der Waals surface area contributed by atoms with Crippen LogP contribution in [0.2, 0.25) is 0 Å². The Labute approximate surface area is 129 Å². The van der Waals surface area contributed by atoms with Crippen LogP contribution in [0.5, 0.6) is 0 Å². The Morgan fingerprint density at radius 2 is 2.00 bits per heavy atom. The zero-order chi connectivity index (χ0) is 16.1. The van der Waals surface area contributed by atoms with Gasteiger partial charge < -0.3 is 10.6 Å². The number of carbonyl (C=O) groups excluding carboxylic acids is 1. The smallest absolute Gasteiger partial charge is 0.270 e. The SMILES string of the molecule is Cc1nc(NCc2ccccc2F)cc(C(=O)NC(C)C)n1. The fourth-order valence-corrected chi connectivity index (χ4v) is 1.94. The topological polar surface area (TPSA) is 66.9 Å². The van der Waals surface area contributed by atoms with Crippen molar-refractivity contribution in [3.05, 3.63) is 53.2 Å². The van der Waals surface area contributed by atoms with E-state index in [9.17, 15) is 9.18 Å². The molecule has 0 fully saturated rings. The van der Waals surface area contributed by atoms with Crippen molar-refractivity contribution in [2.45, 2.75) is 33.4 Å². The zero-order valence-electron chi connectivity index (χ0n) is 12.9. The number of halogens is 1. The van der Waals surface area contributed by atoms with Gasteiger partial charge in [0, 0.05) is 24.2 Å². The Hall–Kier alpha value is -2.50. The summed E-state index contributed by atoms with van der Waals surface area (Å²) in [5.74, 6) is 0.435. The molecule has 0 aliphatic carbocycles. The van der Waals surface area contributed by atoms with E-state index >= 15 is 0 Å². The molecule has 0 radical (unpaired) electrons. The summed E-state index contributed by atoms with van der Waals surface area (Å²) < 4.78 is 13.6. The Morgan fingerprint density at radius 3 is 2.68 bits per heavy atom. The predicted octanol–water partition coefficient (Wildman–Crippen LogP) is 2.67. The lowest BCUT2D eigenvalue weighted by atomic mass is 10.2. The molecule has 0 spiro atoms. The van der Waals surface area contributed by atoms with Gasteiger partial charge in [-0.1, -0.05) is 18.2 Å². The molecule has 2 aromatic rings. The van der Waals surface area contributed by atoms with Crippen molar-refractivity contribution >= 4 is 11.7 Å². The molecule has 0 saturated carbocycles. The summed E-state index contributed by atoms with van der Waals surface area (Å²) in [6.45, 7) is 5.75. The van der Waals surface area contributed by atoms with Gasteiger partial charge in [-0.25, -0.2) is 14.4 Å². The molecule has 22 heavy (non-hydrogen) atoms. The van der Waals surface area contributed by atoms with Gasteiger partial charge in [0.05, 0.1) is 0 Å². The second-order valence-electron chi connectivity index (χ2n) is 5.26. The van der Waals surface area contributed by atoms with Crippen molar-refractivity contribution in [2.24, 2.45) is 0 Å². The maximum absolute atomic E-state index is 13.6. The lowest BCUT2D eigenvalue weighted by Gasteiger charge is -2.11. The molecule has 0 saturated heterocycles. The molecule has 5 nitrogen and oxygen atoms in total. The average Bonchev–Trinajstić information content (AvgIpc) is 2.45. The molecule has 1 amide bonds. The van der Waals surface area contributed by atoms with Gasteiger partial charge in [-0.3, -0.25) is 4.79 Å². The summed E-state index contributed by atoms with van der Waals surface area (Å²) in [6, 6.07) is 8.10. The second kappa shape index (κ2) is 6.98. The van der Waals surface area contributed by atoms with E-state index < -0.39 is 0 Å². The van der Waals surface area contributed by atoms with Crippen LogP contribution in [0.1, 0.15) is 35.7 Å². The fraction of sp³-hybridized carbons (Fsp3) is 0.312. The summed E-state index contributed by atoms with van der Waals surface area (Å²) in [7, 11) is 0. The normalized spacial score (nSPS) is 10.6. The fourth-order valence-electron chi connectivity index (χ4n) is 1.94. The van der Waals surface area contributed by atoms with Crippen LogP contribution < -0.4 is 10.6 Å². The number of hydrogen-bond donors (Lipinski definition) is 2. The summed E-state index contributed by atoms with van der Waals surface area (Å²) in [4.78, 5) is 20.3. The van der Waals surface area contributed by atoms with Crippen molar-refractivity contribution < 1.29 is 9.18 Å². The summed E-state index contributed by atoms with van der Waals surface area (Å²) >= 11 is 0. The first-order chi connectivity index (χ1) is 10.5. The standard InChI is InChI=1S/C16H19FN4O/c1-10(2)19-16(22)14-8-15(21-11(3)20-14)18-9-12-6-4-5-7-13(12)17/h4-8,10H,9H2,1-3H3,(H,19,22)(H,18,20,21). The van der Waals surface area contributed by atoms with Crippen molar-refractivity contribution in [3.8, 4) is 0 Å². The van der Waals surface area contributed by atoms with E-state index in [4.69, 9.17) is 0 Å². The van der Waals surface area contributed by atoms with Gasteiger partial charge in [0.2, 0.25) is 0 Å². The maximum atomic E-state index is 13.6. The quantitative estimate of drug-likeness (QED) is 0.891. The highest BCUT2D eigenvalue weighted by molar-refractivity contribution is 5.93. The Bertz CT molecular complexity index is 673. The first-order valence-electron chi connectivity index (χ1n) is 7.09. The minimum absolute atomic E-state index is 0.0256. The third-order valence-electron chi connectivity index (χ3n) is 2.91. The molecule has 1 aromatic heterocycles. The molecule has 2 N–H and O–H groups in total. The summed E-state index contributed by atoms with van der Waals surface area (Å²) in [5, 5.41) is 5.80. The number of amides is 1. The Morgan fingerprint density at radius 1 is 1.27 bits per heavy atom. The molecule has 6 heteroatoms. The number of carbonyl (C=O) groups is 1. The van der Waals surface area contributed by atoms with Gasteiger partial charge >= 0.3 is 0 Å². The summed E-state index contributed by atoms with van der Waals surface area (Å²) in [6.07, 6.45) is 0. The maximum Gasteiger partial charge on any atom is 0.270 e. The molecule has 0 aliphatic rings. The van der Waals surface area contributed by atoms with Gasteiger partial charge in [0.15, 0.2) is 0 Å². The lowest BCUT2D eigenvalue weighted by molar-refractivity contribution is 0.0937. The minimum atomic E-state index is -0.279. The molecular weight excluding hydrogens is 283 g/mol. The largest absolute Gasteiger partial charge is 0.366 e. The summed E-state index contributed by atoms with van der Waals surface area (Å²) in [5.41, 5.74) is 0.823. The van der Waals surface area contributed by atoms with Crippen molar-refractivity contribution in [3.63, 3.8) is 0 Å². The van der Waals surface area contributed by atoms with Gasteiger partial charge in [0.25, 0.3) is 5.91 Å². The Balaban J connectivity index is 2.13. The van der Waals surface area contributed by atoms with E-state index in [0.29, 0.717) is 17.2 Å². The van der Waals surface area contributed by atoms with Crippen LogP contribution >= 0.6 is 0 Å². The Kier molecular flexibility index (Phi) is 5.04. The van der Waals surface area contributed by atoms with Gasteiger partial charge in [0.1, 0.15) is 23.2 Å². The number of benzene rings is 1. The van der Waals surface area contributed by atoms with E-state index in [2.05, 4.69) is 20.6 Å². The highest BCUT2D eigenvalue weighted by atomic mass is 19.1. The van der Waals surface area contributed by atoms with Crippen LogP contribution in [-0.2, 0) is 6.54 Å². The molecule has 1 aromatic carbocycles. The molecule has 0 aliphatic heterocycles. The van der Waals surface area contributed by atoms with Crippen LogP contribution in [0.4, 0.5) is 10.2 Å². The molecule has 0 bridgehead atoms. The van der Waals surface area contributed by atoms with Gasteiger partial charge in [-0.15, -0.1) is 0 Å². The van der Waals surface area contributed by atoms with Crippen molar-refractivity contribution in [2.75, 3.05) is 5.32 Å². The van der Waals surface area contributed by atoms with Gasteiger partial charge in [-0.05, 0) is 26.8 Å². The molecule has 0 atom stereocenters. The molecule has 2 rings (SSSR count). The number of anilines is 1. The average molecular weight is 302 g/mol. The second-order valence-corrected chi connectivity index (χ2v) is 5.26. The first-order valence-corrected chi connectivity index (χ1v) is 7.09. The van der Waals surface area contributed by atoms with Crippen LogP contribution in [0, 0.1) is 12.7 Å². The molecule has 1 heterocycles. The van der Waals surface area contributed by atoms with E-state index in [0.717, 1.165) is 0 Å².